The Balaban J connectivity index is 2.32. The van der Waals surface area contributed by atoms with Gasteiger partial charge in [-0.1, -0.05) is 37.6 Å². The van der Waals surface area contributed by atoms with Crippen molar-refractivity contribution in [2.45, 2.75) is 26.7 Å². The van der Waals surface area contributed by atoms with Crippen LogP contribution >= 0.6 is 8.73 Å². The average Bonchev–Trinajstić information content (AvgIpc) is 2.15. The van der Waals surface area contributed by atoms with Crippen molar-refractivity contribution in [2.75, 3.05) is 6.54 Å². The van der Waals surface area contributed by atoms with E-state index >= 15 is 0 Å². The van der Waals surface area contributed by atoms with Crippen LogP contribution in [0.25, 0.3) is 0 Å². The predicted octanol–water partition coefficient (Wildman–Crippen LogP) is 2.60. The molecular formula is C11H18NP. The van der Waals surface area contributed by atoms with Crippen LogP contribution in [-0.2, 0) is 0 Å². The van der Waals surface area contributed by atoms with E-state index in [1.54, 1.807) is 0 Å². The molecule has 0 aliphatic heterocycles. The lowest BCUT2D eigenvalue weighted by Gasteiger charge is -2.06. The molecular weight excluding hydrogens is 177 g/mol. The van der Waals surface area contributed by atoms with Gasteiger partial charge in [-0.3, -0.25) is 5.09 Å². The lowest BCUT2D eigenvalue weighted by atomic mass is 10.2. The molecule has 0 saturated carbocycles. The highest BCUT2D eigenvalue weighted by Crippen LogP contribution is 2.08. The van der Waals surface area contributed by atoms with E-state index in [0.717, 1.165) is 15.3 Å². The minimum atomic E-state index is 0.763. The fraction of sp³-hybridized carbons (Fsp3) is 0.455. The van der Waals surface area contributed by atoms with E-state index in [1.165, 1.54) is 23.7 Å². The van der Waals surface area contributed by atoms with Gasteiger partial charge in [0.15, 0.2) is 0 Å². The van der Waals surface area contributed by atoms with E-state index in [-0.39, 0.29) is 0 Å². The molecule has 1 aromatic carbocycles. The van der Waals surface area contributed by atoms with Crippen LogP contribution in [0.5, 0.6) is 0 Å². The van der Waals surface area contributed by atoms with Gasteiger partial charge in [-0.05, 0) is 39.5 Å². The molecule has 0 radical (unpaired) electrons. The van der Waals surface area contributed by atoms with Crippen LogP contribution in [-0.4, -0.2) is 6.54 Å². The third-order valence-corrected chi connectivity index (χ3v) is 3.28. The first-order valence-corrected chi connectivity index (χ1v) is 5.89. The second kappa shape index (κ2) is 6.12. The molecule has 1 nitrogen and oxygen atoms in total. The Morgan fingerprint density at radius 1 is 1.31 bits per heavy atom. The molecule has 2 heteroatoms. The number of hydrogen-bond acceptors (Lipinski definition) is 1. The van der Waals surface area contributed by atoms with Crippen molar-refractivity contribution >= 4 is 14.0 Å². The number of hydrogen-bond donors (Lipinski definition) is 1. The fourth-order valence-electron chi connectivity index (χ4n) is 1.14. The molecule has 0 fully saturated rings. The Hall–Kier alpha value is -0.390. The van der Waals surface area contributed by atoms with Crippen molar-refractivity contribution in [2.24, 2.45) is 0 Å². The number of benzene rings is 1. The molecule has 1 rings (SSSR count). The second-order valence-corrected chi connectivity index (χ2v) is 4.36. The molecule has 0 saturated heterocycles. The van der Waals surface area contributed by atoms with Gasteiger partial charge in [0.2, 0.25) is 0 Å². The maximum absolute atomic E-state index is 3.47. The molecule has 0 heterocycles. The highest BCUT2D eigenvalue weighted by atomic mass is 31.1. The van der Waals surface area contributed by atoms with Gasteiger partial charge >= 0.3 is 0 Å². The summed E-state index contributed by atoms with van der Waals surface area (Å²) in [5, 5.41) is 4.91. The molecule has 1 N–H and O–H groups in total. The summed E-state index contributed by atoms with van der Waals surface area (Å²) < 4.78 is 0. The van der Waals surface area contributed by atoms with E-state index in [0.29, 0.717) is 0 Å². The number of nitrogens with one attached hydrogen (secondary N) is 1. The Morgan fingerprint density at radius 3 is 2.77 bits per heavy atom. The quantitative estimate of drug-likeness (QED) is 0.562. The van der Waals surface area contributed by atoms with Crippen LogP contribution in [0, 0.1) is 6.92 Å². The Labute approximate surface area is 82.8 Å². The van der Waals surface area contributed by atoms with Crippen LogP contribution in [0.1, 0.15) is 25.3 Å². The van der Waals surface area contributed by atoms with Gasteiger partial charge in [0.25, 0.3) is 0 Å². The average molecular weight is 195 g/mol. The predicted molar refractivity (Wildman–Crippen MR) is 62.0 cm³/mol. The van der Waals surface area contributed by atoms with E-state index < -0.39 is 0 Å². The first kappa shape index (κ1) is 10.7. The number of rotatable bonds is 5. The maximum atomic E-state index is 3.47. The summed E-state index contributed by atoms with van der Waals surface area (Å²) in [6.45, 7) is 5.53. The van der Waals surface area contributed by atoms with Crippen molar-refractivity contribution in [1.82, 2.24) is 5.09 Å². The summed E-state index contributed by atoms with van der Waals surface area (Å²) in [5.41, 5.74) is 1.39. The zero-order valence-electron chi connectivity index (χ0n) is 8.43. The van der Waals surface area contributed by atoms with E-state index in [4.69, 9.17) is 0 Å². The molecule has 1 unspecified atom stereocenters. The summed E-state index contributed by atoms with van der Waals surface area (Å²) >= 11 is 0. The molecule has 1 aromatic rings. The molecule has 0 amide bonds. The minimum Gasteiger partial charge on any atom is -0.295 e. The van der Waals surface area contributed by atoms with Gasteiger partial charge in [-0.25, -0.2) is 0 Å². The van der Waals surface area contributed by atoms with Crippen LogP contribution in [0.2, 0.25) is 0 Å². The summed E-state index contributed by atoms with van der Waals surface area (Å²) in [6, 6.07) is 8.57. The summed E-state index contributed by atoms with van der Waals surface area (Å²) in [5.74, 6) is 0. The molecule has 0 spiro atoms. The first-order valence-electron chi connectivity index (χ1n) is 4.89. The van der Waals surface area contributed by atoms with Crippen LogP contribution in [0.15, 0.2) is 24.3 Å². The van der Waals surface area contributed by atoms with Crippen molar-refractivity contribution in [3.05, 3.63) is 29.8 Å². The smallest absolute Gasteiger partial charge is 0.000947 e. The summed E-state index contributed by atoms with van der Waals surface area (Å²) in [6.07, 6.45) is 2.55. The largest absolute Gasteiger partial charge is 0.295 e. The lowest BCUT2D eigenvalue weighted by molar-refractivity contribution is 0.775. The van der Waals surface area contributed by atoms with Gasteiger partial charge in [0.1, 0.15) is 0 Å². The third-order valence-electron chi connectivity index (χ3n) is 2.02. The highest BCUT2D eigenvalue weighted by molar-refractivity contribution is 7.45. The standard InChI is InChI=1S/C11H18NP/c1-3-4-9-12-13-11-8-6-5-7-10(11)2/h5-8,12-13H,3-4,9H2,1-2H3. The minimum absolute atomic E-state index is 0.763. The number of unbranched alkanes of at least 4 members (excludes halogenated alkanes) is 1. The Kier molecular flexibility index (Phi) is 5.03. The monoisotopic (exact) mass is 195 g/mol. The molecule has 0 aromatic heterocycles. The molecule has 0 aliphatic carbocycles. The Bertz CT molecular complexity index is 248. The van der Waals surface area contributed by atoms with E-state index in [1.807, 2.05) is 0 Å². The number of aryl methyl sites for hydroxylation is 1. The second-order valence-electron chi connectivity index (χ2n) is 3.22. The van der Waals surface area contributed by atoms with Crippen molar-refractivity contribution in [3.63, 3.8) is 0 Å². The van der Waals surface area contributed by atoms with E-state index in [2.05, 4.69) is 43.2 Å². The molecule has 72 valence electrons. The summed E-state index contributed by atoms with van der Waals surface area (Å²) in [4.78, 5) is 0. The van der Waals surface area contributed by atoms with Crippen LogP contribution in [0.3, 0.4) is 0 Å². The van der Waals surface area contributed by atoms with Crippen LogP contribution in [0.4, 0.5) is 0 Å². The zero-order valence-corrected chi connectivity index (χ0v) is 9.43. The highest BCUT2D eigenvalue weighted by Gasteiger charge is 1.94. The van der Waals surface area contributed by atoms with Gasteiger partial charge in [-0.15, -0.1) is 0 Å². The van der Waals surface area contributed by atoms with Crippen molar-refractivity contribution in [1.29, 1.82) is 0 Å². The first-order chi connectivity index (χ1) is 6.34. The molecule has 0 bridgehead atoms. The zero-order chi connectivity index (χ0) is 9.52. The molecule has 0 aliphatic rings. The van der Waals surface area contributed by atoms with Gasteiger partial charge in [0.05, 0.1) is 0 Å². The third kappa shape index (κ3) is 3.89. The summed E-state index contributed by atoms with van der Waals surface area (Å²) in [7, 11) is 0.763. The Morgan fingerprint density at radius 2 is 2.08 bits per heavy atom. The van der Waals surface area contributed by atoms with Crippen LogP contribution < -0.4 is 10.4 Å². The molecule has 13 heavy (non-hydrogen) atoms. The van der Waals surface area contributed by atoms with Crippen molar-refractivity contribution < 1.29 is 0 Å². The maximum Gasteiger partial charge on any atom is -0.000947 e. The SMILES string of the molecule is CCCCNPc1ccccc1C. The van der Waals surface area contributed by atoms with E-state index in [9.17, 15) is 0 Å². The van der Waals surface area contributed by atoms with Gasteiger partial charge < -0.3 is 0 Å². The topological polar surface area (TPSA) is 12.0 Å². The molecule has 1 atom stereocenters. The lowest BCUT2D eigenvalue weighted by Crippen LogP contribution is -2.10. The van der Waals surface area contributed by atoms with Gasteiger partial charge in [0, 0.05) is 0 Å². The fourth-order valence-corrected chi connectivity index (χ4v) is 2.09. The normalized spacial score (nSPS) is 11.2. The van der Waals surface area contributed by atoms with Gasteiger partial charge in [-0.2, -0.15) is 0 Å². The van der Waals surface area contributed by atoms with Crippen molar-refractivity contribution in [3.8, 4) is 0 Å².